The summed E-state index contributed by atoms with van der Waals surface area (Å²) >= 11 is 7.78. The van der Waals surface area contributed by atoms with Gasteiger partial charge in [0.05, 0.1) is 16.8 Å². The van der Waals surface area contributed by atoms with Crippen LogP contribution in [0.1, 0.15) is 29.8 Å². The normalized spacial score (nSPS) is 12.4. The van der Waals surface area contributed by atoms with Crippen molar-refractivity contribution in [3.8, 4) is 0 Å². The second-order valence-corrected chi connectivity index (χ2v) is 5.29. The van der Waals surface area contributed by atoms with Gasteiger partial charge in [-0.05, 0) is 19.4 Å². The summed E-state index contributed by atoms with van der Waals surface area (Å²) < 4.78 is 0. The van der Waals surface area contributed by atoms with Crippen LogP contribution in [0.3, 0.4) is 0 Å². The van der Waals surface area contributed by atoms with Crippen molar-refractivity contribution in [3.05, 3.63) is 39.6 Å². The Morgan fingerprint density at radius 1 is 1.47 bits per heavy atom. The molecule has 0 aliphatic carbocycles. The summed E-state index contributed by atoms with van der Waals surface area (Å²) in [5.74, 6) is 0. The van der Waals surface area contributed by atoms with Crippen molar-refractivity contribution >= 4 is 28.6 Å². The lowest BCUT2D eigenvalue weighted by Gasteiger charge is -2.13. The van der Waals surface area contributed by atoms with Gasteiger partial charge in [-0.25, -0.2) is 4.98 Å². The monoisotopic (exact) mass is 267 g/mol. The summed E-state index contributed by atoms with van der Waals surface area (Å²) in [4.78, 5) is 9.67. The quantitative estimate of drug-likeness (QED) is 0.912. The number of aromatic nitrogens is 2. The van der Waals surface area contributed by atoms with E-state index in [-0.39, 0.29) is 6.04 Å². The molecule has 0 radical (unpaired) electrons. The lowest BCUT2D eigenvalue weighted by atomic mass is 10.3. The summed E-state index contributed by atoms with van der Waals surface area (Å²) in [6.45, 7) is 4.21. The minimum Gasteiger partial charge on any atom is -0.375 e. The van der Waals surface area contributed by atoms with Crippen molar-refractivity contribution in [2.45, 2.75) is 26.3 Å². The zero-order chi connectivity index (χ0) is 12.3. The van der Waals surface area contributed by atoms with E-state index in [9.17, 15) is 0 Å². The maximum absolute atomic E-state index is 6.05. The summed E-state index contributed by atoms with van der Waals surface area (Å²) in [6.07, 6.45) is 6.32. The fraction of sp³-hybridized carbons (Fsp3) is 0.333. The molecule has 0 saturated heterocycles. The molecule has 0 bridgehead atoms. The molecule has 0 spiro atoms. The van der Waals surface area contributed by atoms with Crippen molar-refractivity contribution in [2.24, 2.45) is 0 Å². The fourth-order valence-corrected chi connectivity index (χ4v) is 2.51. The third kappa shape index (κ3) is 2.96. The molecule has 1 N–H and O–H groups in total. The van der Waals surface area contributed by atoms with Crippen LogP contribution in [0.25, 0.3) is 0 Å². The fourth-order valence-electron chi connectivity index (χ4n) is 1.47. The summed E-state index contributed by atoms with van der Waals surface area (Å²) in [6, 6.07) is 2.02. The van der Waals surface area contributed by atoms with Crippen LogP contribution in [-0.4, -0.2) is 9.97 Å². The lowest BCUT2D eigenvalue weighted by molar-refractivity contribution is 0.869. The molecule has 1 unspecified atom stereocenters. The Labute approximate surface area is 110 Å². The van der Waals surface area contributed by atoms with Gasteiger partial charge in [0, 0.05) is 23.5 Å². The molecular weight excluding hydrogens is 254 g/mol. The standard InChI is InChI=1S/C12H14ClN3S/c1-3-9-6-15-12(17-9)8(2)16-11-4-5-14-7-10(11)13/h4-8H,3H2,1-2H3,(H,14,16). The van der Waals surface area contributed by atoms with E-state index in [1.165, 1.54) is 4.88 Å². The van der Waals surface area contributed by atoms with Gasteiger partial charge in [0.1, 0.15) is 5.01 Å². The minimum absolute atomic E-state index is 0.153. The highest BCUT2D eigenvalue weighted by Gasteiger charge is 2.11. The zero-order valence-corrected chi connectivity index (χ0v) is 11.3. The maximum atomic E-state index is 6.05. The Morgan fingerprint density at radius 2 is 2.29 bits per heavy atom. The molecule has 17 heavy (non-hydrogen) atoms. The topological polar surface area (TPSA) is 37.8 Å². The molecule has 2 rings (SSSR count). The molecule has 0 aliphatic rings. The number of aryl methyl sites for hydroxylation is 1. The summed E-state index contributed by atoms with van der Waals surface area (Å²) in [7, 11) is 0. The average Bonchev–Trinajstić information content (AvgIpc) is 2.81. The smallest absolute Gasteiger partial charge is 0.115 e. The van der Waals surface area contributed by atoms with E-state index >= 15 is 0 Å². The number of thiazole rings is 1. The highest BCUT2D eigenvalue weighted by Crippen LogP contribution is 2.27. The molecule has 0 fully saturated rings. The van der Waals surface area contributed by atoms with E-state index in [1.807, 2.05) is 12.3 Å². The van der Waals surface area contributed by atoms with Crippen molar-refractivity contribution in [1.29, 1.82) is 0 Å². The Bertz CT molecular complexity index is 498. The van der Waals surface area contributed by atoms with Crippen molar-refractivity contribution in [2.75, 3.05) is 5.32 Å². The Balaban J connectivity index is 2.11. The molecule has 0 aliphatic heterocycles. The van der Waals surface area contributed by atoms with Gasteiger partial charge < -0.3 is 5.32 Å². The molecule has 1 atom stereocenters. The van der Waals surface area contributed by atoms with E-state index in [0.29, 0.717) is 5.02 Å². The number of hydrogen-bond donors (Lipinski definition) is 1. The highest BCUT2D eigenvalue weighted by atomic mass is 35.5. The van der Waals surface area contributed by atoms with Crippen LogP contribution in [0.4, 0.5) is 5.69 Å². The van der Waals surface area contributed by atoms with Crippen molar-refractivity contribution < 1.29 is 0 Å². The van der Waals surface area contributed by atoms with Crippen LogP contribution in [0.2, 0.25) is 5.02 Å². The second-order valence-electron chi connectivity index (χ2n) is 3.74. The first-order chi connectivity index (χ1) is 8.20. The third-order valence-electron chi connectivity index (χ3n) is 2.43. The number of rotatable bonds is 4. The molecule has 2 aromatic rings. The summed E-state index contributed by atoms with van der Waals surface area (Å²) in [5.41, 5.74) is 0.891. The van der Waals surface area contributed by atoms with Crippen molar-refractivity contribution in [3.63, 3.8) is 0 Å². The minimum atomic E-state index is 0.153. The first kappa shape index (κ1) is 12.3. The van der Waals surface area contributed by atoms with Gasteiger partial charge in [-0.3, -0.25) is 4.98 Å². The predicted octanol–water partition coefficient (Wildman–Crippen LogP) is 3.93. The Morgan fingerprint density at radius 3 is 2.94 bits per heavy atom. The molecule has 5 heteroatoms. The van der Waals surface area contributed by atoms with Crippen LogP contribution < -0.4 is 5.32 Å². The molecular formula is C12H14ClN3S. The zero-order valence-electron chi connectivity index (χ0n) is 9.77. The van der Waals surface area contributed by atoms with Crippen LogP contribution in [-0.2, 0) is 6.42 Å². The molecule has 0 saturated carbocycles. The number of nitrogens with one attached hydrogen (secondary N) is 1. The van der Waals surface area contributed by atoms with Crippen LogP contribution >= 0.6 is 22.9 Å². The number of halogens is 1. The molecule has 2 heterocycles. The van der Waals surface area contributed by atoms with Crippen LogP contribution in [0, 0.1) is 0 Å². The first-order valence-electron chi connectivity index (χ1n) is 5.51. The number of pyridine rings is 1. The largest absolute Gasteiger partial charge is 0.375 e. The SMILES string of the molecule is CCc1cnc(C(C)Nc2ccncc2Cl)s1. The van der Waals surface area contributed by atoms with Crippen molar-refractivity contribution in [1.82, 2.24) is 9.97 Å². The van der Waals surface area contributed by atoms with Gasteiger partial charge in [0.25, 0.3) is 0 Å². The lowest BCUT2D eigenvalue weighted by Crippen LogP contribution is -2.06. The number of hydrogen-bond acceptors (Lipinski definition) is 4. The second kappa shape index (κ2) is 5.47. The van der Waals surface area contributed by atoms with E-state index in [4.69, 9.17) is 11.6 Å². The predicted molar refractivity (Wildman–Crippen MR) is 72.8 cm³/mol. The number of anilines is 1. The summed E-state index contributed by atoms with van der Waals surface area (Å²) in [5, 5.41) is 5.05. The van der Waals surface area contributed by atoms with E-state index in [2.05, 4.69) is 29.1 Å². The first-order valence-corrected chi connectivity index (χ1v) is 6.70. The Hall–Kier alpha value is -1.13. The van der Waals surface area contributed by atoms with Gasteiger partial charge in [0.15, 0.2) is 0 Å². The van der Waals surface area contributed by atoms with E-state index in [1.54, 1.807) is 23.7 Å². The van der Waals surface area contributed by atoms with Gasteiger partial charge >= 0.3 is 0 Å². The van der Waals surface area contributed by atoms with Gasteiger partial charge in [-0.15, -0.1) is 11.3 Å². The average molecular weight is 268 g/mol. The molecule has 90 valence electrons. The molecule has 2 aromatic heterocycles. The third-order valence-corrected chi connectivity index (χ3v) is 4.06. The van der Waals surface area contributed by atoms with E-state index < -0.39 is 0 Å². The molecule has 0 amide bonds. The Kier molecular flexibility index (Phi) is 3.97. The molecule has 0 aromatic carbocycles. The number of nitrogens with zero attached hydrogens (tertiary/aromatic N) is 2. The van der Waals surface area contributed by atoms with Gasteiger partial charge in [-0.2, -0.15) is 0 Å². The van der Waals surface area contributed by atoms with Crippen LogP contribution in [0.15, 0.2) is 24.7 Å². The molecule has 3 nitrogen and oxygen atoms in total. The van der Waals surface area contributed by atoms with Crippen LogP contribution in [0.5, 0.6) is 0 Å². The van der Waals surface area contributed by atoms with Gasteiger partial charge in [-0.1, -0.05) is 18.5 Å². The van der Waals surface area contributed by atoms with E-state index in [0.717, 1.165) is 17.1 Å². The maximum Gasteiger partial charge on any atom is 0.115 e. The highest BCUT2D eigenvalue weighted by molar-refractivity contribution is 7.11. The van der Waals surface area contributed by atoms with Gasteiger partial charge in [0.2, 0.25) is 0 Å².